The zero-order valence-corrected chi connectivity index (χ0v) is 17.6. The quantitative estimate of drug-likeness (QED) is 0.325. The third kappa shape index (κ3) is 2.48. The van der Waals surface area contributed by atoms with Gasteiger partial charge in [0.05, 0.1) is 0 Å². The van der Waals surface area contributed by atoms with Gasteiger partial charge in [-0.05, 0) is 58.7 Å². The summed E-state index contributed by atoms with van der Waals surface area (Å²) in [5, 5.41) is 8.43. The highest BCUT2D eigenvalue weighted by Gasteiger charge is 2.43. The highest BCUT2D eigenvalue weighted by atomic mass is 32.2. The van der Waals surface area contributed by atoms with E-state index in [2.05, 4.69) is 78.0 Å². The summed E-state index contributed by atoms with van der Waals surface area (Å²) in [4.78, 5) is 1.55. The number of rotatable bonds is 2. The summed E-state index contributed by atoms with van der Waals surface area (Å²) in [5.74, 6) is 1.55. The molecule has 2 aromatic heterocycles. The molecule has 3 atom stereocenters. The van der Waals surface area contributed by atoms with Crippen LogP contribution in [-0.4, -0.2) is 5.25 Å². The molecule has 0 spiro atoms. The van der Waals surface area contributed by atoms with Crippen molar-refractivity contribution in [2.24, 2.45) is 11.8 Å². The summed E-state index contributed by atoms with van der Waals surface area (Å²) in [7, 11) is 0. The largest absolute Gasteiger partial charge is 0.143 e. The summed E-state index contributed by atoms with van der Waals surface area (Å²) < 4.78 is 2.81. The average Bonchev–Trinajstić information content (AvgIpc) is 3.42. The number of benzene rings is 2. The van der Waals surface area contributed by atoms with Gasteiger partial charge in [0, 0.05) is 35.9 Å². The molecule has 6 rings (SSSR count). The predicted octanol–water partition coefficient (Wildman–Crippen LogP) is 8.15. The maximum absolute atomic E-state index is 2.43. The first-order valence-electron chi connectivity index (χ1n) is 9.63. The molecule has 3 unspecified atom stereocenters. The van der Waals surface area contributed by atoms with Crippen molar-refractivity contribution in [3.8, 4) is 0 Å². The first kappa shape index (κ1) is 16.4. The van der Waals surface area contributed by atoms with Crippen molar-refractivity contribution in [1.29, 1.82) is 0 Å². The average molecular weight is 405 g/mol. The van der Waals surface area contributed by atoms with E-state index >= 15 is 0 Å². The maximum atomic E-state index is 2.43. The van der Waals surface area contributed by atoms with Crippen LogP contribution in [0.2, 0.25) is 0 Å². The molecule has 27 heavy (non-hydrogen) atoms. The normalized spacial score (nSPS) is 25.0. The van der Waals surface area contributed by atoms with Gasteiger partial charge in [-0.3, -0.25) is 0 Å². The van der Waals surface area contributed by atoms with Crippen molar-refractivity contribution in [3.05, 3.63) is 70.4 Å². The van der Waals surface area contributed by atoms with Crippen LogP contribution in [0.3, 0.4) is 0 Å². The molecule has 2 aliphatic rings. The van der Waals surface area contributed by atoms with E-state index in [9.17, 15) is 0 Å². The van der Waals surface area contributed by atoms with Gasteiger partial charge in [0.2, 0.25) is 0 Å². The van der Waals surface area contributed by atoms with Crippen LogP contribution in [0.25, 0.3) is 30.7 Å². The molecule has 3 heterocycles. The van der Waals surface area contributed by atoms with Gasteiger partial charge in [0.15, 0.2) is 0 Å². The Bertz CT molecular complexity index is 1190. The molecule has 1 fully saturated rings. The van der Waals surface area contributed by atoms with E-state index in [1.165, 1.54) is 44.1 Å². The molecular formula is C24H20S3. The molecule has 2 aromatic carbocycles. The first-order valence-corrected chi connectivity index (χ1v) is 12.3. The minimum absolute atomic E-state index is 0.705. The Labute approximate surface area is 171 Å². The number of fused-ring (bicyclic) bond motifs is 3. The van der Waals surface area contributed by atoms with E-state index in [4.69, 9.17) is 0 Å². The van der Waals surface area contributed by atoms with Gasteiger partial charge in [-0.2, -0.15) is 0 Å². The number of hydrogen-bond acceptors (Lipinski definition) is 3. The summed E-state index contributed by atoms with van der Waals surface area (Å²) in [6.45, 7) is 2.43. The van der Waals surface area contributed by atoms with E-state index in [1.807, 2.05) is 22.7 Å². The summed E-state index contributed by atoms with van der Waals surface area (Å²) in [5.41, 5.74) is 4.60. The molecule has 0 saturated heterocycles. The van der Waals surface area contributed by atoms with E-state index in [0.29, 0.717) is 5.92 Å². The van der Waals surface area contributed by atoms with Crippen LogP contribution in [0.5, 0.6) is 0 Å². The summed E-state index contributed by atoms with van der Waals surface area (Å²) in [6, 6.07) is 17.8. The highest BCUT2D eigenvalue weighted by Crippen LogP contribution is 2.60. The standard InChI is InChI=1S/C24H20S3/c1-14-10-17-22(11-14)27-24(19-13-26-21-9-5-3-7-16(19)21)23(17)18-12-25-20-8-4-2-6-15(18)20/h2-9,12-14,17,22H,10-11H2,1H3. The van der Waals surface area contributed by atoms with E-state index in [-0.39, 0.29) is 0 Å². The second-order valence-electron chi connectivity index (χ2n) is 7.87. The third-order valence-corrected chi connectivity index (χ3v) is 9.55. The van der Waals surface area contributed by atoms with Gasteiger partial charge in [-0.1, -0.05) is 43.3 Å². The van der Waals surface area contributed by atoms with Gasteiger partial charge in [-0.25, -0.2) is 0 Å². The second kappa shape index (κ2) is 6.23. The number of hydrogen-bond donors (Lipinski definition) is 0. The fourth-order valence-corrected chi connectivity index (χ4v) is 8.74. The molecule has 134 valence electrons. The minimum Gasteiger partial charge on any atom is -0.143 e. The Hall–Kier alpha value is -1.55. The SMILES string of the molecule is CC1CC2SC(c3csc4ccccc34)=C(c3csc4ccccc34)C2C1. The van der Waals surface area contributed by atoms with Gasteiger partial charge >= 0.3 is 0 Å². The first-order chi connectivity index (χ1) is 13.3. The van der Waals surface area contributed by atoms with Gasteiger partial charge < -0.3 is 0 Å². The Morgan fingerprint density at radius 3 is 2.15 bits per heavy atom. The predicted molar refractivity (Wildman–Crippen MR) is 124 cm³/mol. The third-order valence-electron chi connectivity index (χ3n) is 6.12. The van der Waals surface area contributed by atoms with E-state index in [1.54, 1.807) is 10.5 Å². The van der Waals surface area contributed by atoms with Crippen molar-refractivity contribution in [3.63, 3.8) is 0 Å². The smallest absolute Gasteiger partial charge is 0.0349 e. The van der Waals surface area contributed by atoms with Crippen LogP contribution in [-0.2, 0) is 0 Å². The van der Waals surface area contributed by atoms with Crippen molar-refractivity contribution in [2.75, 3.05) is 0 Å². The molecule has 1 aliphatic heterocycles. The topological polar surface area (TPSA) is 0 Å². The lowest BCUT2D eigenvalue weighted by Gasteiger charge is -2.14. The molecule has 0 N–H and O–H groups in total. The van der Waals surface area contributed by atoms with Crippen molar-refractivity contribution in [2.45, 2.75) is 25.0 Å². The molecule has 0 amide bonds. The monoisotopic (exact) mass is 404 g/mol. The Kier molecular flexibility index (Phi) is 3.79. The maximum Gasteiger partial charge on any atom is 0.0349 e. The van der Waals surface area contributed by atoms with Crippen LogP contribution in [0.1, 0.15) is 30.9 Å². The molecular weight excluding hydrogens is 384 g/mol. The van der Waals surface area contributed by atoms with Crippen LogP contribution < -0.4 is 0 Å². The highest BCUT2D eigenvalue weighted by molar-refractivity contribution is 8.09. The van der Waals surface area contributed by atoms with Crippen molar-refractivity contribution >= 4 is 65.1 Å². The Morgan fingerprint density at radius 2 is 1.41 bits per heavy atom. The fraction of sp³-hybridized carbons (Fsp3) is 0.250. The molecule has 4 aromatic rings. The molecule has 1 aliphatic carbocycles. The van der Waals surface area contributed by atoms with E-state index in [0.717, 1.165) is 11.2 Å². The molecule has 0 bridgehead atoms. The lowest BCUT2D eigenvalue weighted by atomic mass is 9.88. The van der Waals surface area contributed by atoms with Gasteiger partial charge in [0.25, 0.3) is 0 Å². The van der Waals surface area contributed by atoms with Crippen LogP contribution in [0.15, 0.2) is 59.3 Å². The summed E-state index contributed by atoms with van der Waals surface area (Å²) in [6.07, 6.45) is 2.69. The molecule has 3 heteroatoms. The zero-order valence-electron chi connectivity index (χ0n) is 15.1. The van der Waals surface area contributed by atoms with E-state index < -0.39 is 0 Å². The number of allylic oxidation sites excluding steroid dienone is 1. The molecule has 0 radical (unpaired) electrons. The van der Waals surface area contributed by atoms with Crippen LogP contribution in [0.4, 0.5) is 0 Å². The minimum atomic E-state index is 0.705. The number of thioether (sulfide) groups is 1. The summed E-state index contributed by atoms with van der Waals surface area (Å²) >= 11 is 5.95. The molecule has 0 nitrogen and oxygen atoms in total. The number of thiophene rings is 2. The van der Waals surface area contributed by atoms with Crippen LogP contribution >= 0.6 is 34.4 Å². The Morgan fingerprint density at radius 1 is 0.778 bits per heavy atom. The lowest BCUT2D eigenvalue weighted by Crippen LogP contribution is -2.05. The van der Waals surface area contributed by atoms with Crippen LogP contribution in [0, 0.1) is 11.8 Å². The fourth-order valence-electron chi connectivity index (χ4n) is 4.93. The van der Waals surface area contributed by atoms with Gasteiger partial charge in [0.1, 0.15) is 0 Å². The van der Waals surface area contributed by atoms with Crippen molar-refractivity contribution < 1.29 is 0 Å². The second-order valence-corrected chi connectivity index (χ2v) is 10.9. The van der Waals surface area contributed by atoms with Crippen molar-refractivity contribution in [1.82, 2.24) is 0 Å². The zero-order chi connectivity index (χ0) is 18.0. The molecule has 1 saturated carbocycles. The Balaban J connectivity index is 1.62. The van der Waals surface area contributed by atoms with Gasteiger partial charge in [-0.15, -0.1) is 34.4 Å². The lowest BCUT2D eigenvalue weighted by molar-refractivity contribution is 0.592.